The molecule has 0 unspecified atom stereocenters. The van der Waals surface area contributed by atoms with Gasteiger partial charge in [0.2, 0.25) is 0 Å². The van der Waals surface area contributed by atoms with Gasteiger partial charge in [-0.1, -0.05) is 37.1 Å². The molecule has 0 bridgehead atoms. The van der Waals surface area contributed by atoms with Gasteiger partial charge in [0.25, 0.3) is 11.5 Å². The van der Waals surface area contributed by atoms with Gasteiger partial charge in [0.1, 0.15) is 5.69 Å². The Morgan fingerprint density at radius 2 is 1.81 bits per heavy atom. The number of aromatic nitrogens is 3. The number of hydrogen-bond acceptors (Lipinski definition) is 4. The fraction of sp³-hybridized carbons (Fsp3) is 0.300. The summed E-state index contributed by atoms with van der Waals surface area (Å²) < 4.78 is 1.62. The summed E-state index contributed by atoms with van der Waals surface area (Å²) in [6, 6.07) is 12.8. The van der Waals surface area contributed by atoms with Crippen molar-refractivity contribution in [2.75, 3.05) is 0 Å². The molecule has 0 atom stereocenters. The highest BCUT2D eigenvalue weighted by Gasteiger charge is 2.21. The van der Waals surface area contributed by atoms with Gasteiger partial charge in [0.05, 0.1) is 23.7 Å². The van der Waals surface area contributed by atoms with E-state index in [9.17, 15) is 9.59 Å². The third-order valence-electron chi connectivity index (χ3n) is 4.89. The maximum Gasteiger partial charge on any atom is 0.274 e. The molecule has 3 aromatic rings. The second-order valence-corrected chi connectivity index (χ2v) is 6.58. The van der Waals surface area contributed by atoms with Crippen molar-refractivity contribution in [2.24, 2.45) is 0 Å². The largest absolute Gasteiger partial charge is 0.345 e. The molecule has 1 N–H and O–H groups in total. The zero-order valence-corrected chi connectivity index (χ0v) is 14.4. The summed E-state index contributed by atoms with van der Waals surface area (Å²) in [4.78, 5) is 29.2. The second kappa shape index (κ2) is 7.07. The zero-order valence-electron chi connectivity index (χ0n) is 14.4. The standard InChI is InChI=1S/C20H20N4O2/c25-19(17-11-5-6-12-21-17)22-13-18-15-9-3-4-10-16(15)20(26)24(23-18)14-7-1-2-8-14/h3-6,9-12,14H,1-2,7-8,13H2,(H,22,25). The van der Waals surface area contributed by atoms with E-state index in [4.69, 9.17) is 0 Å². The quantitative estimate of drug-likeness (QED) is 0.786. The SMILES string of the molecule is O=C(NCc1nn(C2CCCC2)c(=O)c2ccccc12)c1ccccn1. The first kappa shape index (κ1) is 16.4. The average Bonchev–Trinajstić information content (AvgIpc) is 3.22. The van der Waals surface area contributed by atoms with Crippen LogP contribution in [0.2, 0.25) is 0 Å². The molecule has 0 radical (unpaired) electrons. The molecule has 2 heterocycles. The Morgan fingerprint density at radius 3 is 2.54 bits per heavy atom. The maximum atomic E-state index is 12.8. The topological polar surface area (TPSA) is 76.9 Å². The van der Waals surface area contributed by atoms with Crippen LogP contribution in [0.3, 0.4) is 0 Å². The summed E-state index contributed by atoms with van der Waals surface area (Å²) in [7, 11) is 0. The fourth-order valence-corrected chi connectivity index (χ4v) is 3.55. The van der Waals surface area contributed by atoms with E-state index in [-0.39, 0.29) is 24.1 Å². The lowest BCUT2D eigenvalue weighted by molar-refractivity contribution is 0.0945. The number of fused-ring (bicyclic) bond motifs is 1. The number of rotatable bonds is 4. The first-order valence-corrected chi connectivity index (χ1v) is 8.94. The Kier molecular flexibility index (Phi) is 4.48. The highest BCUT2D eigenvalue weighted by Crippen LogP contribution is 2.28. The summed E-state index contributed by atoms with van der Waals surface area (Å²) in [5.74, 6) is -0.255. The lowest BCUT2D eigenvalue weighted by Crippen LogP contribution is -2.30. The van der Waals surface area contributed by atoms with Crippen LogP contribution in [-0.4, -0.2) is 20.7 Å². The molecule has 4 rings (SSSR count). The lowest BCUT2D eigenvalue weighted by atomic mass is 10.1. The summed E-state index contributed by atoms with van der Waals surface area (Å²) >= 11 is 0. The van der Waals surface area contributed by atoms with Crippen LogP contribution < -0.4 is 10.9 Å². The van der Waals surface area contributed by atoms with E-state index in [2.05, 4.69) is 15.4 Å². The van der Waals surface area contributed by atoms with Crippen molar-refractivity contribution in [2.45, 2.75) is 38.3 Å². The molecule has 1 fully saturated rings. The highest BCUT2D eigenvalue weighted by molar-refractivity contribution is 5.92. The van der Waals surface area contributed by atoms with Gasteiger partial charge >= 0.3 is 0 Å². The third-order valence-corrected chi connectivity index (χ3v) is 4.89. The van der Waals surface area contributed by atoms with E-state index in [0.29, 0.717) is 16.8 Å². The van der Waals surface area contributed by atoms with Gasteiger partial charge in [-0.2, -0.15) is 5.10 Å². The van der Waals surface area contributed by atoms with Crippen molar-refractivity contribution in [3.8, 4) is 0 Å². The summed E-state index contributed by atoms with van der Waals surface area (Å²) in [5.41, 5.74) is 1.02. The number of carbonyl (C=O) groups excluding carboxylic acids is 1. The lowest BCUT2D eigenvalue weighted by Gasteiger charge is -2.16. The number of hydrogen-bond donors (Lipinski definition) is 1. The third kappa shape index (κ3) is 3.10. The van der Waals surface area contributed by atoms with Gasteiger partial charge in [-0.05, 0) is 31.0 Å². The van der Waals surface area contributed by atoms with Gasteiger partial charge in [0.15, 0.2) is 0 Å². The first-order valence-electron chi connectivity index (χ1n) is 8.94. The van der Waals surface area contributed by atoms with Crippen LogP contribution >= 0.6 is 0 Å². The molecule has 0 saturated heterocycles. The van der Waals surface area contributed by atoms with E-state index in [1.807, 2.05) is 24.3 Å². The summed E-state index contributed by atoms with van der Waals surface area (Å²) in [6.07, 6.45) is 5.79. The van der Waals surface area contributed by atoms with E-state index in [1.54, 1.807) is 29.1 Å². The normalized spacial score (nSPS) is 14.6. The molecular weight excluding hydrogens is 328 g/mol. The molecule has 0 spiro atoms. The minimum atomic E-state index is -0.255. The molecule has 1 saturated carbocycles. The van der Waals surface area contributed by atoms with E-state index < -0.39 is 0 Å². The monoisotopic (exact) mass is 348 g/mol. The minimum absolute atomic E-state index is 0.0488. The van der Waals surface area contributed by atoms with Crippen molar-refractivity contribution in [1.29, 1.82) is 0 Å². The molecule has 1 aliphatic carbocycles. The molecule has 1 aromatic carbocycles. The van der Waals surface area contributed by atoms with Crippen molar-refractivity contribution in [1.82, 2.24) is 20.1 Å². The van der Waals surface area contributed by atoms with E-state index in [0.717, 1.165) is 31.1 Å². The number of nitrogens with zero attached hydrogens (tertiary/aromatic N) is 3. The van der Waals surface area contributed by atoms with Crippen LogP contribution in [0.5, 0.6) is 0 Å². The Labute approximate surface area is 150 Å². The average molecular weight is 348 g/mol. The van der Waals surface area contributed by atoms with E-state index in [1.165, 1.54) is 0 Å². The van der Waals surface area contributed by atoms with Crippen LogP contribution in [0.15, 0.2) is 53.5 Å². The van der Waals surface area contributed by atoms with Gasteiger partial charge in [-0.15, -0.1) is 0 Å². The number of benzene rings is 1. The minimum Gasteiger partial charge on any atom is -0.345 e. The maximum absolute atomic E-state index is 12.8. The van der Waals surface area contributed by atoms with Crippen molar-refractivity contribution in [3.05, 3.63) is 70.4 Å². The predicted molar refractivity (Wildman–Crippen MR) is 98.9 cm³/mol. The number of amides is 1. The molecule has 0 aliphatic heterocycles. The zero-order chi connectivity index (χ0) is 17.9. The fourth-order valence-electron chi connectivity index (χ4n) is 3.55. The Balaban J connectivity index is 1.68. The van der Waals surface area contributed by atoms with Gasteiger partial charge in [-0.25, -0.2) is 4.68 Å². The first-order chi connectivity index (χ1) is 12.7. The molecule has 132 valence electrons. The number of pyridine rings is 1. The predicted octanol–water partition coefficient (Wildman–Crippen LogP) is 2.84. The second-order valence-electron chi connectivity index (χ2n) is 6.58. The molecule has 1 amide bonds. The molecule has 26 heavy (non-hydrogen) atoms. The van der Waals surface area contributed by atoms with Crippen LogP contribution in [0.25, 0.3) is 10.8 Å². The summed E-state index contributed by atoms with van der Waals surface area (Å²) in [6.45, 7) is 0.253. The van der Waals surface area contributed by atoms with Gasteiger partial charge in [-0.3, -0.25) is 14.6 Å². The van der Waals surface area contributed by atoms with Gasteiger partial charge in [0, 0.05) is 11.6 Å². The number of carbonyl (C=O) groups is 1. The molecular formula is C20H20N4O2. The molecule has 6 heteroatoms. The van der Waals surface area contributed by atoms with Crippen LogP contribution in [0, 0.1) is 0 Å². The van der Waals surface area contributed by atoms with Crippen LogP contribution in [0.1, 0.15) is 47.9 Å². The molecule has 1 aliphatic rings. The van der Waals surface area contributed by atoms with E-state index >= 15 is 0 Å². The molecule has 2 aromatic heterocycles. The van der Waals surface area contributed by atoms with Crippen molar-refractivity contribution in [3.63, 3.8) is 0 Å². The highest BCUT2D eigenvalue weighted by atomic mass is 16.2. The smallest absolute Gasteiger partial charge is 0.274 e. The van der Waals surface area contributed by atoms with Crippen molar-refractivity contribution < 1.29 is 4.79 Å². The Hall–Kier alpha value is -3.02. The number of nitrogens with one attached hydrogen (secondary N) is 1. The van der Waals surface area contributed by atoms with Crippen LogP contribution in [0.4, 0.5) is 0 Å². The Bertz CT molecular complexity index is 992. The van der Waals surface area contributed by atoms with Crippen molar-refractivity contribution >= 4 is 16.7 Å². The summed E-state index contributed by atoms with van der Waals surface area (Å²) in [5, 5.41) is 8.92. The van der Waals surface area contributed by atoms with Gasteiger partial charge < -0.3 is 5.32 Å². The molecule has 6 nitrogen and oxygen atoms in total. The Morgan fingerprint density at radius 1 is 1.08 bits per heavy atom. The van der Waals surface area contributed by atoms with Crippen LogP contribution in [-0.2, 0) is 6.54 Å².